The van der Waals surface area contributed by atoms with Crippen molar-refractivity contribution >= 4 is 23.3 Å². The number of urea groups is 1. The lowest BCUT2D eigenvalue weighted by Gasteiger charge is -2.21. The number of hydrogen-bond acceptors (Lipinski definition) is 4. The number of carbonyl (C=O) groups excluding carboxylic acids is 2. The lowest BCUT2D eigenvalue weighted by Crippen LogP contribution is -2.40. The van der Waals surface area contributed by atoms with E-state index in [9.17, 15) is 9.59 Å². The van der Waals surface area contributed by atoms with Crippen LogP contribution in [0.15, 0.2) is 54.6 Å². The van der Waals surface area contributed by atoms with Crippen molar-refractivity contribution in [1.82, 2.24) is 5.32 Å². The van der Waals surface area contributed by atoms with Gasteiger partial charge in [0, 0.05) is 24.5 Å². The molecule has 0 aromatic heterocycles. The number of anilines is 2. The Morgan fingerprint density at radius 1 is 0.960 bits per heavy atom. The fraction of sp³-hybridized carbons (Fsp3) is 0.263. The van der Waals surface area contributed by atoms with Crippen LogP contribution in [0.1, 0.15) is 24.4 Å². The maximum atomic E-state index is 12.4. The standard InChI is InChI=1S/C19H22N4O2/c20-19(25)22-18(24)17(14-6-2-1-3-7-14)21-15-8-10-16(11-9-15)23-12-4-5-13-23/h1-3,6-11,17,21H,4-5,12-13H2,(H3,20,22,24,25)/t17-/m1/s1. The van der Waals surface area contributed by atoms with E-state index in [4.69, 9.17) is 5.73 Å². The Bertz CT molecular complexity index is 725. The van der Waals surface area contributed by atoms with Crippen molar-refractivity contribution in [2.45, 2.75) is 18.9 Å². The largest absolute Gasteiger partial charge is 0.372 e. The second kappa shape index (κ2) is 7.70. The van der Waals surface area contributed by atoms with Crippen LogP contribution in [-0.4, -0.2) is 25.0 Å². The Morgan fingerprint density at radius 3 is 2.20 bits per heavy atom. The molecule has 0 aliphatic carbocycles. The number of benzene rings is 2. The molecule has 3 amide bonds. The van der Waals surface area contributed by atoms with E-state index in [1.807, 2.05) is 54.6 Å². The smallest absolute Gasteiger partial charge is 0.318 e. The van der Waals surface area contributed by atoms with E-state index in [-0.39, 0.29) is 0 Å². The van der Waals surface area contributed by atoms with Crippen molar-refractivity contribution in [3.05, 3.63) is 60.2 Å². The van der Waals surface area contributed by atoms with Crippen LogP contribution < -0.4 is 21.3 Å². The number of carbonyl (C=O) groups is 2. The van der Waals surface area contributed by atoms with Gasteiger partial charge >= 0.3 is 6.03 Å². The average molecular weight is 338 g/mol. The molecule has 0 radical (unpaired) electrons. The number of nitrogens with zero attached hydrogens (tertiary/aromatic N) is 1. The summed E-state index contributed by atoms with van der Waals surface area (Å²) in [4.78, 5) is 25.7. The van der Waals surface area contributed by atoms with Crippen molar-refractivity contribution in [2.24, 2.45) is 5.73 Å². The Morgan fingerprint density at radius 2 is 1.60 bits per heavy atom. The first kappa shape index (κ1) is 16.8. The van der Waals surface area contributed by atoms with Gasteiger partial charge in [0.1, 0.15) is 6.04 Å². The van der Waals surface area contributed by atoms with Gasteiger partial charge in [-0.25, -0.2) is 4.79 Å². The van der Waals surface area contributed by atoms with Gasteiger partial charge in [-0.2, -0.15) is 0 Å². The van der Waals surface area contributed by atoms with Crippen LogP contribution in [0, 0.1) is 0 Å². The van der Waals surface area contributed by atoms with Gasteiger partial charge in [0.2, 0.25) is 0 Å². The Hall–Kier alpha value is -3.02. The molecule has 1 atom stereocenters. The first-order valence-corrected chi connectivity index (χ1v) is 8.40. The topological polar surface area (TPSA) is 87.5 Å². The van der Waals surface area contributed by atoms with Crippen LogP contribution in [0.5, 0.6) is 0 Å². The second-order valence-corrected chi connectivity index (χ2v) is 6.08. The van der Waals surface area contributed by atoms with Crippen molar-refractivity contribution in [3.8, 4) is 0 Å². The fourth-order valence-electron chi connectivity index (χ4n) is 3.05. The van der Waals surface area contributed by atoms with E-state index in [0.717, 1.165) is 24.3 Å². The van der Waals surface area contributed by atoms with Gasteiger partial charge in [0.25, 0.3) is 5.91 Å². The third kappa shape index (κ3) is 4.29. The summed E-state index contributed by atoms with van der Waals surface area (Å²) in [6, 6.07) is 15.6. The van der Waals surface area contributed by atoms with E-state index in [1.165, 1.54) is 18.5 Å². The fourth-order valence-corrected chi connectivity index (χ4v) is 3.05. The SMILES string of the molecule is NC(=O)NC(=O)[C@H](Nc1ccc(N2CCCC2)cc1)c1ccccc1. The minimum Gasteiger partial charge on any atom is -0.372 e. The van der Waals surface area contributed by atoms with Crippen LogP contribution >= 0.6 is 0 Å². The summed E-state index contributed by atoms with van der Waals surface area (Å²) < 4.78 is 0. The average Bonchev–Trinajstić information content (AvgIpc) is 3.15. The summed E-state index contributed by atoms with van der Waals surface area (Å²) in [5, 5.41) is 5.33. The van der Waals surface area contributed by atoms with Crippen molar-refractivity contribution in [3.63, 3.8) is 0 Å². The van der Waals surface area contributed by atoms with E-state index in [1.54, 1.807) is 0 Å². The van der Waals surface area contributed by atoms with Crippen LogP contribution in [0.25, 0.3) is 0 Å². The van der Waals surface area contributed by atoms with Crippen LogP contribution in [-0.2, 0) is 4.79 Å². The van der Waals surface area contributed by atoms with Gasteiger partial charge in [-0.05, 0) is 42.7 Å². The van der Waals surface area contributed by atoms with Gasteiger partial charge in [0.15, 0.2) is 0 Å². The molecule has 0 saturated carbocycles. The normalized spacial score (nSPS) is 14.8. The summed E-state index contributed by atoms with van der Waals surface area (Å²) in [6.45, 7) is 2.17. The highest BCUT2D eigenvalue weighted by Crippen LogP contribution is 2.25. The molecular formula is C19H22N4O2. The summed E-state index contributed by atoms with van der Waals surface area (Å²) in [5.41, 5.74) is 7.83. The number of rotatable bonds is 5. The lowest BCUT2D eigenvalue weighted by molar-refractivity contribution is -0.120. The number of hydrogen-bond donors (Lipinski definition) is 3. The first-order chi connectivity index (χ1) is 12.1. The van der Waals surface area contributed by atoms with Crippen molar-refractivity contribution < 1.29 is 9.59 Å². The molecule has 1 aliphatic rings. The van der Waals surface area contributed by atoms with Crippen LogP contribution in [0.4, 0.5) is 16.2 Å². The molecule has 1 aliphatic heterocycles. The minimum absolute atomic E-state index is 0.484. The van der Waals surface area contributed by atoms with E-state index < -0.39 is 18.0 Å². The number of nitrogens with two attached hydrogens (primary N) is 1. The predicted molar refractivity (Wildman–Crippen MR) is 98.4 cm³/mol. The molecule has 3 rings (SSSR count). The zero-order valence-electron chi connectivity index (χ0n) is 13.9. The summed E-state index contributed by atoms with van der Waals surface area (Å²) in [6.07, 6.45) is 2.45. The van der Waals surface area contributed by atoms with Crippen LogP contribution in [0.3, 0.4) is 0 Å². The molecular weight excluding hydrogens is 316 g/mol. The highest BCUT2D eigenvalue weighted by molar-refractivity contribution is 5.98. The number of primary amides is 1. The highest BCUT2D eigenvalue weighted by atomic mass is 16.2. The van der Waals surface area contributed by atoms with Crippen molar-refractivity contribution in [1.29, 1.82) is 0 Å². The maximum absolute atomic E-state index is 12.4. The zero-order valence-corrected chi connectivity index (χ0v) is 13.9. The molecule has 2 aromatic rings. The van der Waals surface area contributed by atoms with E-state index >= 15 is 0 Å². The minimum atomic E-state index is -0.864. The van der Waals surface area contributed by atoms with Gasteiger partial charge in [0.05, 0.1) is 0 Å². The molecule has 25 heavy (non-hydrogen) atoms. The summed E-state index contributed by atoms with van der Waals surface area (Å²) in [7, 11) is 0. The molecule has 130 valence electrons. The monoisotopic (exact) mass is 338 g/mol. The second-order valence-electron chi connectivity index (χ2n) is 6.08. The van der Waals surface area contributed by atoms with Crippen LogP contribution in [0.2, 0.25) is 0 Å². The summed E-state index contributed by atoms with van der Waals surface area (Å²) in [5.74, 6) is -0.484. The molecule has 2 aromatic carbocycles. The first-order valence-electron chi connectivity index (χ1n) is 8.40. The maximum Gasteiger partial charge on any atom is 0.318 e. The third-order valence-corrected chi connectivity index (χ3v) is 4.29. The third-order valence-electron chi connectivity index (χ3n) is 4.29. The summed E-state index contributed by atoms with van der Waals surface area (Å²) >= 11 is 0. The van der Waals surface area contributed by atoms with Gasteiger partial charge in [-0.15, -0.1) is 0 Å². The molecule has 1 fully saturated rings. The quantitative estimate of drug-likeness (QED) is 0.782. The predicted octanol–water partition coefficient (Wildman–Crippen LogP) is 2.63. The van der Waals surface area contributed by atoms with Gasteiger partial charge in [-0.3, -0.25) is 10.1 Å². The molecule has 0 spiro atoms. The van der Waals surface area contributed by atoms with Crippen molar-refractivity contribution in [2.75, 3.05) is 23.3 Å². The number of amides is 3. The lowest BCUT2D eigenvalue weighted by atomic mass is 10.1. The Kier molecular flexibility index (Phi) is 5.18. The van der Waals surface area contributed by atoms with E-state index in [0.29, 0.717) is 0 Å². The molecule has 1 heterocycles. The molecule has 6 nitrogen and oxygen atoms in total. The van der Waals surface area contributed by atoms with Gasteiger partial charge in [-0.1, -0.05) is 30.3 Å². The number of nitrogens with one attached hydrogen (secondary N) is 2. The molecule has 1 saturated heterocycles. The van der Waals surface area contributed by atoms with Gasteiger partial charge < -0.3 is 16.0 Å². The molecule has 4 N–H and O–H groups in total. The number of imide groups is 1. The molecule has 6 heteroatoms. The highest BCUT2D eigenvalue weighted by Gasteiger charge is 2.21. The Labute approximate surface area is 147 Å². The zero-order chi connectivity index (χ0) is 17.6. The molecule has 0 unspecified atom stereocenters. The molecule has 0 bridgehead atoms. The van der Waals surface area contributed by atoms with E-state index in [2.05, 4.69) is 15.5 Å². The Balaban J connectivity index is 1.77.